The third-order valence-electron chi connectivity index (χ3n) is 4.84. The SMILES string of the molecule is CC(OC(=O)c1nn(-c2ccccc2)c(=O)c2ccccc12)C(=O)Nc1ccc(F)cc1F. The van der Waals surface area contributed by atoms with E-state index in [0.29, 0.717) is 11.8 Å². The fourth-order valence-corrected chi connectivity index (χ4v) is 3.18. The molecular formula is C24H17F2N3O4. The lowest BCUT2D eigenvalue weighted by Crippen LogP contribution is -2.32. The number of nitrogens with zero attached hydrogens (tertiary/aromatic N) is 2. The minimum atomic E-state index is -1.33. The minimum absolute atomic E-state index is 0.165. The van der Waals surface area contributed by atoms with E-state index in [2.05, 4.69) is 10.4 Å². The third-order valence-corrected chi connectivity index (χ3v) is 4.84. The lowest BCUT2D eigenvalue weighted by Gasteiger charge is -2.15. The molecule has 1 aromatic heterocycles. The van der Waals surface area contributed by atoms with Crippen molar-refractivity contribution in [1.82, 2.24) is 9.78 Å². The van der Waals surface area contributed by atoms with Crippen LogP contribution in [0.1, 0.15) is 17.4 Å². The van der Waals surface area contributed by atoms with Gasteiger partial charge in [-0.3, -0.25) is 9.59 Å². The van der Waals surface area contributed by atoms with Crippen LogP contribution in [0.15, 0.2) is 77.6 Å². The van der Waals surface area contributed by atoms with Crippen molar-refractivity contribution in [3.8, 4) is 5.69 Å². The summed E-state index contributed by atoms with van der Waals surface area (Å²) in [5.41, 5.74) is -0.405. The molecule has 0 radical (unpaired) electrons. The molecule has 7 nitrogen and oxygen atoms in total. The van der Waals surface area contributed by atoms with Crippen LogP contribution in [0.3, 0.4) is 0 Å². The molecule has 0 fully saturated rings. The zero-order valence-corrected chi connectivity index (χ0v) is 17.3. The number of nitrogens with one attached hydrogen (secondary N) is 1. The van der Waals surface area contributed by atoms with Gasteiger partial charge in [0.2, 0.25) is 0 Å². The summed E-state index contributed by atoms with van der Waals surface area (Å²) in [6.45, 7) is 1.30. The number of halogens is 2. The fourth-order valence-electron chi connectivity index (χ4n) is 3.18. The standard InChI is InChI=1S/C24H17F2N3O4/c1-14(22(30)27-20-12-11-15(25)13-19(20)26)33-24(32)21-17-9-5-6-10-18(17)23(31)29(28-21)16-7-3-2-4-8-16/h2-14H,1H3,(H,27,30). The van der Waals surface area contributed by atoms with Gasteiger partial charge in [-0.25, -0.2) is 13.6 Å². The zero-order valence-electron chi connectivity index (χ0n) is 17.3. The van der Waals surface area contributed by atoms with Gasteiger partial charge in [0.15, 0.2) is 11.8 Å². The van der Waals surface area contributed by atoms with Crippen LogP contribution in [0.2, 0.25) is 0 Å². The van der Waals surface area contributed by atoms with Crippen molar-refractivity contribution in [2.45, 2.75) is 13.0 Å². The molecule has 0 bridgehead atoms. The topological polar surface area (TPSA) is 90.3 Å². The lowest BCUT2D eigenvalue weighted by molar-refractivity contribution is -0.123. The minimum Gasteiger partial charge on any atom is -0.448 e. The smallest absolute Gasteiger partial charge is 0.360 e. The van der Waals surface area contributed by atoms with Crippen molar-refractivity contribution in [2.24, 2.45) is 0 Å². The highest BCUT2D eigenvalue weighted by molar-refractivity contribution is 6.03. The normalized spacial score (nSPS) is 11.7. The molecule has 3 aromatic carbocycles. The summed E-state index contributed by atoms with van der Waals surface area (Å²) in [7, 11) is 0. The first kappa shape index (κ1) is 21.8. The van der Waals surface area contributed by atoms with Crippen molar-refractivity contribution in [2.75, 3.05) is 5.32 Å². The number of carbonyl (C=O) groups is 2. The molecule has 166 valence electrons. The average Bonchev–Trinajstić information content (AvgIpc) is 2.81. The monoisotopic (exact) mass is 449 g/mol. The molecule has 9 heteroatoms. The third kappa shape index (κ3) is 4.47. The summed E-state index contributed by atoms with van der Waals surface area (Å²) in [5.74, 6) is -3.53. The molecule has 1 atom stereocenters. The van der Waals surface area contributed by atoms with Gasteiger partial charge in [0.1, 0.15) is 11.6 Å². The maximum absolute atomic E-state index is 13.8. The number of benzene rings is 3. The van der Waals surface area contributed by atoms with Crippen molar-refractivity contribution >= 4 is 28.3 Å². The highest BCUT2D eigenvalue weighted by atomic mass is 19.1. The number of anilines is 1. The summed E-state index contributed by atoms with van der Waals surface area (Å²) in [4.78, 5) is 38.2. The van der Waals surface area contributed by atoms with Gasteiger partial charge in [-0.1, -0.05) is 36.4 Å². The largest absolute Gasteiger partial charge is 0.448 e. The van der Waals surface area contributed by atoms with Crippen LogP contribution >= 0.6 is 0 Å². The summed E-state index contributed by atoms with van der Waals surface area (Å²) < 4.78 is 33.2. The number of para-hydroxylation sites is 1. The molecule has 33 heavy (non-hydrogen) atoms. The van der Waals surface area contributed by atoms with Gasteiger partial charge >= 0.3 is 5.97 Å². The number of rotatable bonds is 5. The Bertz CT molecular complexity index is 1420. The Kier molecular flexibility index (Phi) is 5.95. The molecule has 0 saturated heterocycles. The molecule has 0 saturated carbocycles. The van der Waals surface area contributed by atoms with E-state index < -0.39 is 35.2 Å². The van der Waals surface area contributed by atoms with Crippen LogP contribution in [-0.2, 0) is 9.53 Å². The van der Waals surface area contributed by atoms with Crippen LogP contribution in [0.25, 0.3) is 16.5 Å². The number of amides is 1. The predicted octanol–water partition coefficient (Wildman–Crippen LogP) is 3.85. The predicted molar refractivity (Wildman–Crippen MR) is 117 cm³/mol. The van der Waals surface area contributed by atoms with E-state index in [1.165, 1.54) is 6.92 Å². The molecular weight excluding hydrogens is 432 g/mol. The van der Waals surface area contributed by atoms with E-state index in [1.807, 2.05) is 0 Å². The van der Waals surface area contributed by atoms with Crippen molar-refractivity contribution in [1.29, 1.82) is 0 Å². The summed E-state index contributed by atoms with van der Waals surface area (Å²) in [5, 5.41) is 6.94. The highest BCUT2D eigenvalue weighted by Gasteiger charge is 2.24. The summed E-state index contributed by atoms with van der Waals surface area (Å²) in [6, 6.07) is 17.6. The maximum Gasteiger partial charge on any atom is 0.360 e. The number of hydrogen-bond donors (Lipinski definition) is 1. The van der Waals surface area contributed by atoms with E-state index >= 15 is 0 Å². The Labute approximate surface area is 186 Å². The average molecular weight is 449 g/mol. The number of carbonyl (C=O) groups excluding carboxylic acids is 2. The van der Waals surface area contributed by atoms with Crippen LogP contribution in [0.5, 0.6) is 0 Å². The van der Waals surface area contributed by atoms with E-state index in [0.717, 1.165) is 16.8 Å². The molecule has 0 aliphatic carbocycles. The van der Waals surface area contributed by atoms with Crippen LogP contribution < -0.4 is 10.9 Å². The Balaban J connectivity index is 1.64. The Hall–Kier alpha value is -4.40. The Morgan fingerprint density at radius 1 is 0.970 bits per heavy atom. The van der Waals surface area contributed by atoms with Crippen molar-refractivity contribution in [3.63, 3.8) is 0 Å². The zero-order chi connectivity index (χ0) is 23.5. The molecule has 1 unspecified atom stereocenters. The van der Waals surface area contributed by atoms with Crippen molar-refractivity contribution in [3.05, 3.63) is 100 Å². The number of ether oxygens (including phenoxy) is 1. The molecule has 0 aliphatic rings. The number of fused-ring (bicyclic) bond motifs is 1. The van der Waals surface area contributed by atoms with Gasteiger partial charge in [0.05, 0.1) is 16.8 Å². The van der Waals surface area contributed by atoms with E-state index in [-0.39, 0.29) is 22.2 Å². The lowest BCUT2D eigenvalue weighted by atomic mass is 10.1. The number of hydrogen-bond acceptors (Lipinski definition) is 5. The Morgan fingerprint density at radius 2 is 1.64 bits per heavy atom. The van der Waals surface area contributed by atoms with E-state index in [1.54, 1.807) is 54.6 Å². The second kappa shape index (κ2) is 8.99. The van der Waals surface area contributed by atoms with Crippen LogP contribution in [0.4, 0.5) is 14.5 Å². The van der Waals surface area contributed by atoms with E-state index in [9.17, 15) is 23.2 Å². The molecule has 4 aromatic rings. The molecule has 1 heterocycles. The van der Waals surface area contributed by atoms with Gasteiger partial charge < -0.3 is 10.1 Å². The first-order valence-corrected chi connectivity index (χ1v) is 9.89. The second-order valence-corrected chi connectivity index (χ2v) is 7.11. The molecule has 1 N–H and O–H groups in total. The Morgan fingerprint density at radius 3 is 2.33 bits per heavy atom. The van der Waals surface area contributed by atoms with Crippen molar-refractivity contribution < 1.29 is 23.1 Å². The molecule has 4 rings (SSSR count). The molecule has 1 amide bonds. The number of esters is 1. The fraction of sp³-hybridized carbons (Fsp3) is 0.0833. The van der Waals surface area contributed by atoms with Crippen LogP contribution in [0, 0.1) is 11.6 Å². The van der Waals surface area contributed by atoms with Gasteiger partial charge in [0.25, 0.3) is 11.5 Å². The highest BCUT2D eigenvalue weighted by Crippen LogP contribution is 2.18. The van der Waals surface area contributed by atoms with E-state index in [4.69, 9.17) is 4.74 Å². The quantitative estimate of drug-likeness (QED) is 0.468. The summed E-state index contributed by atoms with van der Waals surface area (Å²) in [6.07, 6.45) is -1.33. The van der Waals surface area contributed by atoms with Gasteiger partial charge in [-0.15, -0.1) is 0 Å². The first-order chi connectivity index (χ1) is 15.8. The van der Waals surface area contributed by atoms with Gasteiger partial charge in [0, 0.05) is 11.5 Å². The first-order valence-electron chi connectivity index (χ1n) is 9.89. The summed E-state index contributed by atoms with van der Waals surface area (Å²) >= 11 is 0. The maximum atomic E-state index is 13.8. The van der Waals surface area contributed by atoms with Gasteiger partial charge in [-0.2, -0.15) is 9.78 Å². The molecule has 0 aliphatic heterocycles. The number of aromatic nitrogens is 2. The van der Waals surface area contributed by atoms with Crippen LogP contribution in [-0.4, -0.2) is 27.8 Å². The van der Waals surface area contributed by atoms with Gasteiger partial charge in [-0.05, 0) is 37.3 Å². The molecule has 0 spiro atoms. The second-order valence-electron chi connectivity index (χ2n) is 7.11.